The van der Waals surface area contributed by atoms with Crippen molar-refractivity contribution in [2.75, 3.05) is 24.6 Å². The molecule has 3 rings (SSSR count). The lowest BCUT2D eigenvalue weighted by atomic mass is 10.0. The molecule has 0 saturated carbocycles. The molecule has 2 heterocycles. The van der Waals surface area contributed by atoms with Gasteiger partial charge in [-0.2, -0.15) is 24.9 Å². The van der Waals surface area contributed by atoms with Crippen LogP contribution in [-0.4, -0.2) is 41.6 Å². The Morgan fingerprint density at radius 3 is 2.57 bits per heavy atom. The number of nitrogens with zero attached hydrogens (tertiary/aromatic N) is 1. The topological polar surface area (TPSA) is 15.3 Å². The highest BCUT2D eigenvalue weighted by Crippen LogP contribution is 2.30. The molecule has 1 aromatic rings. The van der Waals surface area contributed by atoms with Crippen LogP contribution in [0.3, 0.4) is 0 Å². The Morgan fingerprint density at radius 1 is 1.13 bits per heavy atom. The highest BCUT2D eigenvalue weighted by atomic mass is 32.2. The molecule has 1 N–H and O–H groups in total. The minimum Gasteiger partial charge on any atom is -0.310 e. The Hall–Kier alpha value is -0.720. The van der Waals surface area contributed by atoms with E-state index in [0.717, 1.165) is 37.6 Å². The van der Waals surface area contributed by atoms with Crippen molar-refractivity contribution in [3.8, 4) is 0 Å². The second-order valence-corrected chi connectivity index (χ2v) is 7.63. The number of halogens is 3. The molecule has 0 amide bonds. The van der Waals surface area contributed by atoms with E-state index in [0.29, 0.717) is 18.6 Å². The molecule has 0 unspecified atom stereocenters. The van der Waals surface area contributed by atoms with E-state index in [4.69, 9.17) is 0 Å². The molecular weight excluding hydrogens is 321 g/mol. The first-order valence-corrected chi connectivity index (χ1v) is 9.38. The smallest absolute Gasteiger partial charge is 0.310 e. The van der Waals surface area contributed by atoms with Crippen molar-refractivity contribution in [1.29, 1.82) is 0 Å². The number of likely N-dealkylation sites (tertiary alicyclic amines) is 1. The van der Waals surface area contributed by atoms with Crippen LogP contribution in [0.1, 0.15) is 30.4 Å². The van der Waals surface area contributed by atoms with Gasteiger partial charge in [-0.05, 0) is 49.7 Å². The Kier molecular flexibility index (Phi) is 5.54. The zero-order valence-electron chi connectivity index (χ0n) is 13.1. The third-order valence-corrected chi connectivity index (χ3v) is 5.81. The summed E-state index contributed by atoms with van der Waals surface area (Å²) >= 11 is 2.01. The summed E-state index contributed by atoms with van der Waals surface area (Å²) in [5, 5.41) is 3.73. The van der Waals surface area contributed by atoms with Gasteiger partial charge >= 0.3 is 6.18 Å². The van der Waals surface area contributed by atoms with E-state index in [1.54, 1.807) is 6.07 Å². The van der Waals surface area contributed by atoms with E-state index < -0.39 is 11.7 Å². The average Bonchev–Trinajstić information content (AvgIpc) is 3.02. The van der Waals surface area contributed by atoms with Gasteiger partial charge in [-0.1, -0.05) is 18.2 Å². The van der Waals surface area contributed by atoms with Gasteiger partial charge in [0.25, 0.3) is 0 Å². The molecule has 0 bridgehead atoms. The maximum absolute atomic E-state index is 12.8. The summed E-state index contributed by atoms with van der Waals surface area (Å²) in [6.07, 6.45) is -0.832. The number of rotatable bonds is 4. The fraction of sp³-hybridized carbons (Fsp3) is 0.647. The van der Waals surface area contributed by atoms with Crippen LogP contribution >= 0.6 is 11.8 Å². The van der Waals surface area contributed by atoms with Crippen LogP contribution in [0, 0.1) is 0 Å². The molecule has 1 atom stereocenters. The van der Waals surface area contributed by atoms with E-state index in [1.165, 1.54) is 30.1 Å². The molecule has 0 radical (unpaired) electrons. The van der Waals surface area contributed by atoms with Crippen molar-refractivity contribution in [2.24, 2.45) is 0 Å². The summed E-state index contributed by atoms with van der Waals surface area (Å²) in [5.74, 6) is 2.47. The molecule has 23 heavy (non-hydrogen) atoms. The number of alkyl halides is 3. The number of thioether (sulfide) groups is 1. The summed E-state index contributed by atoms with van der Waals surface area (Å²) in [7, 11) is 0. The van der Waals surface area contributed by atoms with Gasteiger partial charge in [0.1, 0.15) is 0 Å². The first kappa shape index (κ1) is 17.1. The van der Waals surface area contributed by atoms with E-state index in [2.05, 4.69) is 10.2 Å². The van der Waals surface area contributed by atoms with Gasteiger partial charge in [0, 0.05) is 24.4 Å². The number of benzene rings is 1. The molecule has 2 aliphatic rings. The SMILES string of the molecule is FC(F)(F)c1cccc(CN2CCC(N[C@@H]3CCSC3)CC2)c1. The first-order chi connectivity index (χ1) is 11.0. The highest BCUT2D eigenvalue weighted by molar-refractivity contribution is 7.99. The average molecular weight is 344 g/mol. The van der Waals surface area contributed by atoms with Crippen molar-refractivity contribution in [3.05, 3.63) is 35.4 Å². The van der Waals surface area contributed by atoms with Crippen LogP contribution in [-0.2, 0) is 12.7 Å². The Morgan fingerprint density at radius 2 is 1.91 bits per heavy atom. The Balaban J connectivity index is 1.48. The molecule has 2 fully saturated rings. The molecule has 0 spiro atoms. The lowest BCUT2D eigenvalue weighted by Gasteiger charge is -2.34. The van der Waals surface area contributed by atoms with Crippen LogP contribution in [0.2, 0.25) is 0 Å². The van der Waals surface area contributed by atoms with Crippen LogP contribution in [0.25, 0.3) is 0 Å². The third-order valence-electron chi connectivity index (χ3n) is 4.65. The number of hydrogen-bond donors (Lipinski definition) is 1. The van der Waals surface area contributed by atoms with E-state index in [-0.39, 0.29) is 0 Å². The molecule has 2 saturated heterocycles. The van der Waals surface area contributed by atoms with Crippen LogP contribution in [0.4, 0.5) is 13.2 Å². The third kappa shape index (κ3) is 4.88. The molecule has 0 aliphatic carbocycles. The molecular formula is C17H23F3N2S. The summed E-state index contributed by atoms with van der Waals surface area (Å²) < 4.78 is 38.3. The van der Waals surface area contributed by atoms with Gasteiger partial charge in [0.2, 0.25) is 0 Å². The second kappa shape index (κ2) is 7.45. The normalized spacial score (nSPS) is 24.2. The zero-order valence-corrected chi connectivity index (χ0v) is 13.9. The van der Waals surface area contributed by atoms with Crippen LogP contribution in [0.5, 0.6) is 0 Å². The lowest BCUT2D eigenvalue weighted by Crippen LogP contribution is -2.46. The largest absolute Gasteiger partial charge is 0.416 e. The number of piperidine rings is 1. The minimum atomic E-state index is -4.26. The van der Waals surface area contributed by atoms with Crippen molar-refractivity contribution < 1.29 is 13.2 Å². The Bertz CT molecular complexity index is 507. The second-order valence-electron chi connectivity index (χ2n) is 6.48. The molecule has 128 valence electrons. The fourth-order valence-corrected chi connectivity index (χ4v) is 4.53. The van der Waals surface area contributed by atoms with Gasteiger partial charge in [-0.3, -0.25) is 4.90 Å². The molecule has 6 heteroatoms. The standard InChI is InChI=1S/C17H23F3N2S/c18-17(19,20)14-3-1-2-13(10-14)11-22-7-4-15(5-8-22)21-16-6-9-23-12-16/h1-3,10,15-16,21H,4-9,11-12H2/t16-/m1/s1. The monoisotopic (exact) mass is 344 g/mol. The van der Waals surface area contributed by atoms with Gasteiger partial charge in [-0.25, -0.2) is 0 Å². The molecule has 1 aromatic carbocycles. The van der Waals surface area contributed by atoms with Gasteiger partial charge < -0.3 is 5.32 Å². The summed E-state index contributed by atoms with van der Waals surface area (Å²) in [4.78, 5) is 2.26. The van der Waals surface area contributed by atoms with E-state index in [9.17, 15) is 13.2 Å². The van der Waals surface area contributed by atoms with E-state index >= 15 is 0 Å². The summed E-state index contributed by atoms with van der Waals surface area (Å²) in [6, 6.07) is 6.93. The maximum atomic E-state index is 12.8. The van der Waals surface area contributed by atoms with Crippen LogP contribution in [0.15, 0.2) is 24.3 Å². The molecule has 0 aromatic heterocycles. The predicted molar refractivity (Wildman–Crippen MR) is 88.6 cm³/mol. The zero-order chi connectivity index (χ0) is 16.3. The summed E-state index contributed by atoms with van der Waals surface area (Å²) in [5.41, 5.74) is 0.198. The van der Waals surface area contributed by atoms with Crippen molar-refractivity contribution >= 4 is 11.8 Å². The molecule has 2 aliphatic heterocycles. The quantitative estimate of drug-likeness (QED) is 0.895. The number of hydrogen-bond acceptors (Lipinski definition) is 3. The van der Waals surface area contributed by atoms with Crippen LogP contribution < -0.4 is 5.32 Å². The lowest BCUT2D eigenvalue weighted by molar-refractivity contribution is -0.137. The minimum absolute atomic E-state index is 0.551. The predicted octanol–water partition coefficient (Wildman–Crippen LogP) is 3.76. The van der Waals surface area contributed by atoms with E-state index in [1.807, 2.05) is 11.8 Å². The van der Waals surface area contributed by atoms with Gasteiger partial charge in [0.15, 0.2) is 0 Å². The first-order valence-electron chi connectivity index (χ1n) is 8.23. The highest BCUT2D eigenvalue weighted by Gasteiger charge is 2.30. The van der Waals surface area contributed by atoms with Crippen molar-refractivity contribution in [1.82, 2.24) is 10.2 Å². The maximum Gasteiger partial charge on any atom is 0.416 e. The number of nitrogens with one attached hydrogen (secondary N) is 1. The molecule has 2 nitrogen and oxygen atoms in total. The van der Waals surface area contributed by atoms with Crippen molar-refractivity contribution in [3.63, 3.8) is 0 Å². The summed E-state index contributed by atoms with van der Waals surface area (Å²) in [6.45, 7) is 2.51. The van der Waals surface area contributed by atoms with Crippen molar-refractivity contribution in [2.45, 2.75) is 44.1 Å². The van der Waals surface area contributed by atoms with Gasteiger partial charge in [0.05, 0.1) is 5.56 Å². The Labute approximate surface area is 139 Å². The fourth-order valence-electron chi connectivity index (χ4n) is 3.36. The van der Waals surface area contributed by atoms with Gasteiger partial charge in [-0.15, -0.1) is 0 Å².